The first-order chi connectivity index (χ1) is 21.6. The van der Waals surface area contributed by atoms with Crippen LogP contribution in [0.1, 0.15) is 33.2 Å². The molecule has 5 aromatic carbocycles. The Morgan fingerprint density at radius 2 is 1.53 bits per heavy atom. The number of hydrogen-bond donors (Lipinski definition) is 1. The summed E-state index contributed by atoms with van der Waals surface area (Å²) in [7, 11) is -2.44. The van der Waals surface area contributed by atoms with Crippen LogP contribution in [0.25, 0.3) is 0 Å². The molecular formula is C35H29Cl2N3O4S. The van der Waals surface area contributed by atoms with Crippen LogP contribution in [-0.4, -0.2) is 21.4 Å². The van der Waals surface area contributed by atoms with E-state index in [0.29, 0.717) is 39.4 Å². The predicted molar refractivity (Wildman–Crippen MR) is 180 cm³/mol. The summed E-state index contributed by atoms with van der Waals surface area (Å²) in [5.41, 5.74) is 4.57. The van der Waals surface area contributed by atoms with Crippen molar-refractivity contribution in [3.63, 3.8) is 0 Å². The fourth-order valence-corrected chi connectivity index (χ4v) is 6.80. The topological polar surface area (TPSA) is 78.9 Å². The van der Waals surface area contributed by atoms with Gasteiger partial charge < -0.3 is 9.64 Å². The van der Waals surface area contributed by atoms with Crippen molar-refractivity contribution in [1.82, 2.24) is 0 Å². The Balaban J connectivity index is 1.53. The number of methoxy groups -OCH3 is 1. The number of hydrogen-bond acceptors (Lipinski definition) is 5. The lowest BCUT2D eigenvalue weighted by Crippen LogP contribution is -2.49. The Kier molecular flexibility index (Phi) is 8.46. The van der Waals surface area contributed by atoms with Gasteiger partial charge in [0, 0.05) is 17.9 Å². The molecule has 0 saturated carbocycles. The zero-order valence-corrected chi connectivity index (χ0v) is 26.8. The molecule has 1 atom stereocenters. The number of benzene rings is 5. The van der Waals surface area contributed by atoms with E-state index in [9.17, 15) is 13.2 Å². The lowest BCUT2D eigenvalue weighted by Gasteiger charge is -2.46. The Morgan fingerprint density at radius 3 is 2.20 bits per heavy atom. The molecular weight excluding hydrogens is 629 g/mol. The summed E-state index contributed by atoms with van der Waals surface area (Å²) in [6, 6.07) is 34.0. The largest absolute Gasteiger partial charge is 0.497 e. The minimum Gasteiger partial charge on any atom is -0.497 e. The summed E-state index contributed by atoms with van der Waals surface area (Å²) in [6.45, 7) is 2.33. The highest BCUT2D eigenvalue weighted by Crippen LogP contribution is 2.44. The number of carbonyl (C=O) groups is 1. The van der Waals surface area contributed by atoms with Gasteiger partial charge in [-0.3, -0.25) is 14.4 Å². The van der Waals surface area contributed by atoms with E-state index in [0.717, 1.165) is 16.7 Å². The van der Waals surface area contributed by atoms with Gasteiger partial charge in [-0.15, -0.1) is 0 Å². The fourth-order valence-electron chi connectivity index (χ4n) is 5.41. The highest BCUT2D eigenvalue weighted by Gasteiger charge is 2.40. The van der Waals surface area contributed by atoms with Gasteiger partial charge >= 0.3 is 0 Å². The fraction of sp³-hybridized carbons (Fsp3) is 0.114. The number of ether oxygens (including phenoxy) is 1. The van der Waals surface area contributed by atoms with Gasteiger partial charge in [-0.05, 0) is 84.8 Å². The smallest absolute Gasteiger partial charge is 0.262 e. The molecule has 1 N–H and O–H groups in total. The van der Waals surface area contributed by atoms with E-state index < -0.39 is 16.2 Å². The molecule has 0 saturated heterocycles. The Hall–Kier alpha value is -4.50. The Labute approximate surface area is 272 Å². The molecule has 0 unspecified atom stereocenters. The molecule has 0 aliphatic carbocycles. The molecule has 1 aliphatic heterocycles. The third-order valence-corrected chi connectivity index (χ3v) is 9.79. The first kappa shape index (κ1) is 30.5. The Bertz CT molecular complexity index is 1970. The minimum absolute atomic E-state index is 0.0301. The van der Waals surface area contributed by atoms with E-state index in [1.165, 1.54) is 12.1 Å². The first-order valence-corrected chi connectivity index (χ1v) is 16.4. The second-order valence-corrected chi connectivity index (χ2v) is 13.2. The number of amides is 1. The molecule has 6 rings (SSSR count). The number of sulfonamides is 1. The van der Waals surface area contributed by atoms with Gasteiger partial charge in [-0.1, -0.05) is 77.3 Å². The van der Waals surface area contributed by atoms with Crippen LogP contribution in [0.2, 0.25) is 10.0 Å². The monoisotopic (exact) mass is 657 g/mol. The zero-order valence-electron chi connectivity index (χ0n) is 24.4. The van der Waals surface area contributed by atoms with E-state index in [4.69, 9.17) is 27.9 Å². The molecule has 1 amide bonds. The van der Waals surface area contributed by atoms with Crippen LogP contribution in [0.4, 0.5) is 17.1 Å². The van der Waals surface area contributed by atoms with Crippen molar-refractivity contribution in [2.75, 3.05) is 21.6 Å². The average molecular weight is 659 g/mol. The van der Waals surface area contributed by atoms with Gasteiger partial charge in [0.15, 0.2) is 0 Å². The van der Waals surface area contributed by atoms with Crippen molar-refractivity contribution >= 4 is 56.2 Å². The highest BCUT2D eigenvalue weighted by atomic mass is 35.5. The molecule has 10 heteroatoms. The second kappa shape index (κ2) is 12.5. The van der Waals surface area contributed by atoms with E-state index in [1.54, 1.807) is 66.6 Å². The number of nitrogens with zero attached hydrogens (tertiary/aromatic N) is 2. The number of anilines is 3. The predicted octanol–water partition coefficient (Wildman–Crippen LogP) is 8.48. The summed E-state index contributed by atoms with van der Waals surface area (Å²) in [4.78, 5) is 18.3. The van der Waals surface area contributed by atoms with E-state index >= 15 is 0 Å². The van der Waals surface area contributed by atoms with Gasteiger partial charge in [0.05, 0.1) is 33.3 Å². The maximum absolute atomic E-state index is 14.6. The molecule has 1 heterocycles. The third kappa shape index (κ3) is 6.22. The average Bonchev–Trinajstić information content (AvgIpc) is 3.05. The quantitative estimate of drug-likeness (QED) is 0.181. The van der Waals surface area contributed by atoms with E-state index in [-0.39, 0.29) is 16.4 Å². The van der Waals surface area contributed by atoms with Crippen LogP contribution in [0.15, 0.2) is 120 Å². The molecule has 228 valence electrons. The Morgan fingerprint density at radius 1 is 0.822 bits per heavy atom. The van der Waals surface area contributed by atoms with Crippen molar-refractivity contribution in [3.8, 4) is 5.75 Å². The first-order valence-electron chi connectivity index (χ1n) is 14.1. The van der Waals surface area contributed by atoms with E-state index in [2.05, 4.69) is 9.62 Å². The van der Waals surface area contributed by atoms with Crippen LogP contribution in [0.3, 0.4) is 0 Å². The summed E-state index contributed by atoms with van der Waals surface area (Å²) < 4.78 is 35.1. The molecule has 45 heavy (non-hydrogen) atoms. The second-order valence-electron chi connectivity index (χ2n) is 10.7. The van der Waals surface area contributed by atoms with Crippen LogP contribution in [0.5, 0.6) is 5.75 Å². The number of nitrogens with one attached hydrogen (secondary N) is 1. The summed E-state index contributed by atoms with van der Waals surface area (Å²) >= 11 is 12.8. The van der Waals surface area contributed by atoms with Crippen molar-refractivity contribution in [2.45, 2.75) is 24.5 Å². The molecule has 7 nitrogen and oxygen atoms in total. The van der Waals surface area contributed by atoms with Gasteiger partial charge in [-0.25, -0.2) is 8.42 Å². The molecule has 0 spiro atoms. The molecule has 0 radical (unpaired) electrons. The number of carbonyl (C=O) groups excluding carboxylic acids is 1. The van der Waals surface area contributed by atoms with Gasteiger partial charge in [0.25, 0.3) is 15.9 Å². The molecule has 0 fully saturated rings. The van der Waals surface area contributed by atoms with Gasteiger partial charge in [0.1, 0.15) is 11.9 Å². The molecule has 1 aliphatic rings. The summed E-state index contributed by atoms with van der Waals surface area (Å²) in [5, 5.41) is 0.745. The van der Waals surface area contributed by atoms with Crippen LogP contribution < -0.4 is 19.3 Å². The van der Waals surface area contributed by atoms with Crippen molar-refractivity contribution < 1.29 is 17.9 Å². The van der Waals surface area contributed by atoms with Gasteiger partial charge in [0.2, 0.25) is 0 Å². The standard InChI is InChI=1S/C35H29Cl2N3O4S/c1-23-8-11-26(12-9-23)38-45(42,43)29-17-19-33-30(21-29)35(41)40(27-13-15-28(44-2)16-14-27)34(25-10-18-31(36)32(37)20-25)39(33)22-24-6-4-3-5-7-24/h3-21,34,38H,22H2,1-2H3/t34-/m0/s1. The van der Waals surface area contributed by atoms with Crippen molar-refractivity contribution in [1.29, 1.82) is 0 Å². The lowest BCUT2D eigenvalue weighted by atomic mass is 9.99. The molecule has 0 aromatic heterocycles. The zero-order chi connectivity index (χ0) is 31.7. The summed E-state index contributed by atoms with van der Waals surface area (Å²) in [5.74, 6) is 0.259. The summed E-state index contributed by atoms with van der Waals surface area (Å²) in [6.07, 6.45) is -0.651. The number of aryl methyl sites for hydroxylation is 1. The van der Waals surface area contributed by atoms with Crippen molar-refractivity contribution in [2.24, 2.45) is 0 Å². The lowest BCUT2D eigenvalue weighted by molar-refractivity contribution is 0.0968. The SMILES string of the molecule is COc1ccc(N2C(=O)c3cc(S(=O)(=O)Nc4ccc(C)cc4)ccc3N(Cc3ccccc3)[C@@H]2c2ccc(Cl)c(Cl)c2)cc1. The van der Waals surface area contributed by atoms with Crippen LogP contribution >= 0.6 is 23.2 Å². The normalized spacial score (nSPS) is 14.7. The highest BCUT2D eigenvalue weighted by molar-refractivity contribution is 7.92. The van der Waals surface area contributed by atoms with Crippen LogP contribution in [-0.2, 0) is 16.6 Å². The van der Waals surface area contributed by atoms with Crippen molar-refractivity contribution in [3.05, 3.63) is 148 Å². The van der Waals surface area contributed by atoms with Gasteiger partial charge in [-0.2, -0.15) is 0 Å². The van der Waals surface area contributed by atoms with E-state index in [1.807, 2.05) is 55.5 Å². The molecule has 0 bridgehead atoms. The minimum atomic E-state index is -4.01. The third-order valence-electron chi connectivity index (χ3n) is 7.67. The number of rotatable bonds is 8. The number of fused-ring (bicyclic) bond motifs is 1. The number of halogens is 2. The molecule has 5 aromatic rings. The maximum Gasteiger partial charge on any atom is 0.262 e. The maximum atomic E-state index is 14.6. The van der Waals surface area contributed by atoms with Crippen LogP contribution in [0, 0.1) is 6.92 Å².